The molecule has 0 radical (unpaired) electrons. The molecule has 3 N–H and O–H groups in total. The fraction of sp³-hybridized carbons (Fsp3) is 0.133. The summed E-state index contributed by atoms with van der Waals surface area (Å²) in [5, 5.41) is 18.9. The molecular weight excluding hydrogens is 224 g/mol. The van der Waals surface area contributed by atoms with Gasteiger partial charge in [0, 0.05) is 0 Å². The molecule has 3 heteroatoms. The van der Waals surface area contributed by atoms with Gasteiger partial charge >= 0.3 is 0 Å². The molecule has 0 aliphatic carbocycles. The lowest BCUT2D eigenvalue weighted by Gasteiger charge is -2.19. The van der Waals surface area contributed by atoms with Gasteiger partial charge in [-0.2, -0.15) is 5.26 Å². The maximum absolute atomic E-state index is 10.2. The highest BCUT2D eigenvalue weighted by Gasteiger charge is 2.18. The Kier molecular flexibility index (Phi) is 3.73. The van der Waals surface area contributed by atoms with E-state index in [1.54, 1.807) is 24.3 Å². The highest BCUT2D eigenvalue weighted by molar-refractivity contribution is 5.34. The Bertz CT molecular complexity index is 543. The van der Waals surface area contributed by atoms with Crippen molar-refractivity contribution in [3.05, 3.63) is 71.3 Å². The fourth-order valence-electron chi connectivity index (χ4n) is 1.82. The molecule has 0 heterocycles. The Balaban J connectivity index is 2.20. The van der Waals surface area contributed by atoms with Crippen molar-refractivity contribution in [2.45, 2.75) is 12.1 Å². The van der Waals surface area contributed by atoms with Crippen LogP contribution in [-0.2, 0) is 0 Å². The molecule has 2 atom stereocenters. The van der Waals surface area contributed by atoms with Gasteiger partial charge < -0.3 is 10.8 Å². The van der Waals surface area contributed by atoms with Crippen LogP contribution in [0.25, 0.3) is 0 Å². The summed E-state index contributed by atoms with van der Waals surface area (Å²) < 4.78 is 0. The van der Waals surface area contributed by atoms with Crippen LogP contribution in [0.3, 0.4) is 0 Å². The standard InChI is InChI=1S/C15H14N2O/c16-10-11-6-8-13(9-7-11)15(18)14(17)12-4-2-1-3-5-12/h1-9,14-15,18H,17H2. The number of nitrogens with two attached hydrogens (primary N) is 1. The molecule has 0 aliphatic rings. The monoisotopic (exact) mass is 238 g/mol. The van der Waals surface area contributed by atoms with E-state index in [4.69, 9.17) is 11.0 Å². The number of aliphatic hydroxyl groups excluding tert-OH is 1. The lowest BCUT2D eigenvalue weighted by molar-refractivity contribution is 0.147. The van der Waals surface area contributed by atoms with Gasteiger partial charge in [0.2, 0.25) is 0 Å². The van der Waals surface area contributed by atoms with Crippen molar-refractivity contribution in [2.24, 2.45) is 5.73 Å². The predicted molar refractivity (Wildman–Crippen MR) is 69.5 cm³/mol. The van der Waals surface area contributed by atoms with Crippen LogP contribution in [-0.4, -0.2) is 5.11 Å². The van der Waals surface area contributed by atoms with Gasteiger partial charge in [-0.3, -0.25) is 0 Å². The van der Waals surface area contributed by atoms with Gasteiger partial charge in [0.15, 0.2) is 0 Å². The molecule has 0 spiro atoms. The van der Waals surface area contributed by atoms with Crippen LogP contribution in [0.2, 0.25) is 0 Å². The van der Waals surface area contributed by atoms with E-state index >= 15 is 0 Å². The van der Waals surface area contributed by atoms with E-state index in [0.717, 1.165) is 5.56 Å². The summed E-state index contributed by atoms with van der Waals surface area (Å²) in [7, 11) is 0. The highest BCUT2D eigenvalue weighted by Crippen LogP contribution is 2.26. The number of aliphatic hydroxyl groups is 1. The Morgan fingerprint density at radius 3 is 2.11 bits per heavy atom. The van der Waals surface area contributed by atoms with E-state index in [-0.39, 0.29) is 0 Å². The summed E-state index contributed by atoms with van der Waals surface area (Å²) in [5.41, 5.74) is 8.19. The van der Waals surface area contributed by atoms with Crippen LogP contribution in [0, 0.1) is 11.3 Å². The largest absolute Gasteiger partial charge is 0.386 e. The summed E-state index contributed by atoms with van der Waals surface area (Å²) >= 11 is 0. The van der Waals surface area contributed by atoms with Crippen molar-refractivity contribution >= 4 is 0 Å². The number of rotatable bonds is 3. The fourth-order valence-corrected chi connectivity index (χ4v) is 1.82. The van der Waals surface area contributed by atoms with Crippen LogP contribution in [0.15, 0.2) is 54.6 Å². The minimum Gasteiger partial charge on any atom is -0.386 e. The first-order chi connectivity index (χ1) is 8.72. The van der Waals surface area contributed by atoms with Crippen molar-refractivity contribution in [3.8, 4) is 6.07 Å². The second-order valence-corrected chi connectivity index (χ2v) is 4.12. The maximum Gasteiger partial charge on any atom is 0.0991 e. The first kappa shape index (κ1) is 12.3. The molecule has 18 heavy (non-hydrogen) atoms. The lowest BCUT2D eigenvalue weighted by Crippen LogP contribution is -2.19. The molecule has 2 rings (SSSR count). The SMILES string of the molecule is N#Cc1ccc(C(O)C(N)c2ccccc2)cc1. The number of hydrogen-bond donors (Lipinski definition) is 2. The maximum atomic E-state index is 10.2. The van der Waals surface area contributed by atoms with Gasteiger partial charge in [-0.15, -0.1) is 0 Å². The van der Waals surface area contributed by atoms with Crippen LogP contribution >= 0.6 is 0 Å². The molecule has 2 aromatic carbocycles. The number of hydrogen-bond acceptors (Lipinski definition) is 3. The topological polar surface area (TPSA) is 70.0 Å². The second-order valence-electron chi connectivity index (χ2n) is 4.12. The van der Waals surface area contributed by atoms with Crippen molar-refractivity contribution in [1.29, 1.82) is 5.26 Å². The molecule has 0 fully saturated rings. The van der Waals surface area contributed by atoms with E-state index < -0.39 is 12.1 Å². The van der Waals surface area contributed by atoms with Crippen LogP contribution in [0.4, 0.5) is 0 Å². The Morgan fingerprint density at radius 2 is 1.56 bits per heavy atom. The molecule has 0 saturated carbocycles. The molecule has 3 nitrogen and oxygen atoms in total. The molecule has 0 amide bonds. The first-order valence-electron chi connectivity index (χ1n) is 5.71. The summed E-state index contributed by atoms with van der Waals surface area (Å²) in [5.74, 6) is 0. The lowest BCUT2D eigenvalue weighted by atomic mass is 9.96. The smallest absolute Gasteiger partial charge is 0.0991 e. The quantitative estimate of drug-likeness (QED) is 0.861. The summed E-state index contributed by atoms with van der Waals surface area (Å²) in [6.45, 7) is 0. The van der Waals surface area contributed by atoms with E-state index in [1.807, 2.05) is 36.4 Å². The average Bonchev–Trinajstić information content (AvgIpc) is 2.47. The summed E-state index contributed by atoms with van der Waals surface area (Å²) in [4.78, 5) is 0. The predicted octanol–water partition coefficient (Wildman–Crippen LogP) is 2.29. The van der Waals surface area contributed by atoms with Gasteiger partial charge in [0.05, 0.1) is 23.8 Å². The molecule has 0 aromatic heterocycles. The summed E-state index contributed by atoms with van der Waals surface area (Å²) in [6, 6.07) is 17.8. The summed E-state index contributed by atoms with van der Waals surface area (Å²) in [6.07, 6.45) is -0.778. The van der Waals surface area contributed by atoms with Crippen molar-refractivity contribution in [1.82, 2.24) is 0 Å². The number of nitriles is 1. The van der Waals surface area contributed by atoms with Gasteiger partial charge in [-0.05, 0) is 23.3 Å². The van der Waals surface area contributed by atoms with Gasteiger partial charge in [-0.1, -0.05) is 42.5 Å². The van der Waals surface area contributed by atoms with E-state index in [1.165, 1.54) is 0 Å². The van der Waals surface area contributed by atoms with E-state index in [9.17, 15) is 5.11 Å². The molecule has 0 bridgehead atoms. The minimum atomic E-state index is -0.778. The zero-order chi connectivity index (χ0) is 13.0. The van der Waals surface area contributed by atoms with Gasteiger partial charge in [0.1, 0.15) is 0 Å². The Hall–Kier alpha value is -2.15. The molecule has 0 aliphatic heterocycles. The van der Waals surface area contributed by atoms with Crippen LogP contribution < -0.4 is 5.73 Å². The highest BCUT2D eigenvalue weighted by atomic mass is 16.3. The van der Waals surface area contributed by atoms with E-state index in [0.29, 0.717) is 11.1 Å². The third kappa shape index (κ3) is 2.57. The third-order valence-electron chi connectivity index (χ3n) is 2.91. The second kappa shape index (κ2) is 5.46. The van der Waals surface area contributed by atoms with Gasteiger partial charge in [-0.25, -0.2) is 0 Å². The third-order valence-corrected chi connectivity index (χ3v) is 2.91. The van der Waals surface area contributed by atoms with Crippen molar-refractivity contribution in [2.75, 3.05) is 0 Å². The number of nitrogens with zero attached hydrogens (tertiary/aromatic N) is 1. The normalized spacial score (nSPS) is 13.6. The molecule has 90 valence electrons. The molecule has 0 saturated heterocycles. The molecule has 2 aromatic rings. The average molecular weight is 238 g/mol. The van der Waals surface area contributed by atoms with Crippen molar-refractivity contribution in [3.63, 3.8) is 0 Å². The van der Waals surface area contributed by atoms with E-state index in [2.05, 4.69) is 0 Å². The zero-order valence-electron chi connectivity index (χ0n) is 9.82. The van der Waals surface area contributed by atoms with Crippen LogP contribution in [0.5, 0.6) is 0 Å². The van der Waals surface area contributed by atoms with Crippen molar-refractivity contribution < 1.29 is 5.11 Å². The van der Waals surface area contributed by atoms with Crippen LogP contribution in [0.1, 0.15) is 28.8 Å². The first-order valence-corrected chi connectivity index (χ1v) is 5.71. The molecule has 2 unspecified atom stereocenters. The Labute approximate surface area is 106 Å². The molecular formula is C15H14N2O. The Morgan fingerprint density at radius 1 is 0.944 bits per heavy atom. The van der Waals surface area contributed by atoms with Gasteiger partial charge in [0.25, 0.3) is 0 Å². The zero-order valence-corrected chi connectivity index (χ0v) is 9.82. The minimum absolute atomic E-state index is 0.473. The number of benzene rings is 2.